The Labute approximate surface area is 167 Å². The number of sulfonamides is 1. The molecule has 0 aliphatic carbocycles. The predicted octanol–water partition coefficient (Wildman–Crippen LogP) is 3.43. The quantitative estimate of drug-likeness (QED) is 0.731. The lowest BCUT2D eigenvalue weighted by molar-refractivity contribution is -0.122. The lowest BCUT2D eigenvalue weighted by atomic mass is 10.1. The molecule has 0 unspecified atom stereocenters. The number of carbonyl (C=O) groups is 1. The maximum absolute atomic E-state index is 13.0. The monoisotopic (exact) mass is 404 g/mol. The highest BCUT2D eigenvalue weighted by Crippen LogP contribution is 2.24. The van der Waals surface area contributed by atoms with E-state index < -0.39 is 16.1 Å². The van der Waals surface area contributed by atoms with E-state index in [2.05, 4.69) is 5.32 Å². The van der Waals surface area contributed by atoms with Gasteiger partial charge in [-0.1, -0.05) is 36.8 Å². The third kappa shape index (κ3) is 5.25. The zero-order valence-corrected chi connectivity index (χ0v) is 17.8. The Morgan fingerprint density at radius 1 is 1.11 bits per heavy atom. The largest absolute Gasteiger partial charge is 0.497 e. The van der Waals surface area contributed by atoms with Gasteiger partial charge in [0.15, 0.2) is 0 Å². The predicted molar refractivity (Wildman–Crippen MR) is 112 cm³/mol. The Kier molecular flexibility index (Phi) is 7.07. The molecule has 1 N–H and O–H groups in total. The fraction of sp³-hybridized carbons (Fsp3) is 0.381. The van der Waals surface area contributed by atoms with E-state index in [0.717, 1.165) is 23.1 Å². The van der Waals surface area contributed by atoms with E-state index >= 15 is 0 Å². The maximum atomic E-state index is 13.0. The van der Waals surface area contributed by atoms with E-state index in [4.69, 9.17) is 4.74 Å². The van der Waals surface area contributed by atoms with Gasteiger partial charge in [0.05, 0.1) is 25.1 Å². The molecular formula is C21H28N2O4S. The highest BCUT2D eigenvalue weighted by Gasteiger charge is 2.32. The molecule has 0 fully saturated rings. The molecule has 2 atom stereocenters. The minimum Gasteiger partial charge on any atom is -0.497 e. The van der Waals surface area contributed by atoms with Crippen molar-refractivity contribution in [2.45, 2.75) is 39.3 Å². The maximum Gasteiger partial charge on any atom is 0.244 e. The third-order valence-electron chi connectivity index (χ3n) is 4.59. The number of benzene rings is 2. The van der Waals surface area contributed by atoms with Gasteiger partial charge < -0.3 is 10.1 Å². The van der Waals surface area contributed by atoms with Crippen molar-refractivity contribution in [3.63, 3.8) is 0 Å². The van der Waals surface area contributed by atoms with Crippen LogP contribution in [-0.2, 0) is 14.8 Å². The summed E-state index contributed by atoms with van der Waals surface area (Å²) in [6, 6.07) is 13.4. The van der Waals surface area contributed by atoms with Gasteiger partial charge in [-0.2, -0.15) is 0 Å². The molecule has 0 aromatic heterocycles. The Morgan fingerprint density at radius 3 is 2.14 bits per heavy atom. The topological polar surface area (TPSA) is 75.7 Å². The van der Waals surface area contributed by atoms with Gasteiger partial charge in [-0.3, -0.25) is 9.10 Å². The minimum absolute atomic E-state index is 0.271. The zero-order chi connectivity index (χ0) is 20.9. The molecule has 0 spiro atoms. The summed E-state index contributed by atoms with van der Waals surface area (Å²) in [5.74, 6) is 0.396. The summed E-state index contributed by atoms with van der Waals surface area (Å²) >= 11 is 0. The Morgan fingerprint density at radius 2 is 1.68 bits per heavy atom. The molecule has 0 bridgehead atoms. The standard InChI is InChI=1S/C21H28N2O4S/c1-6-20(23(28(5,25)26)18-11-7-15(2)8-12-18)21(24)22-16(3)17-9-13-19(27-4)14-10-17/h7-14,16,20H,6H2,1-5H3,(H,22,24)/t16-,20-/m0/s1. The number of hydrogen-bond donors (Lipinski definition) is 1. The number of amides is 1. The molecule has 0 aliphatic rings. The number of carbonyl (C=O) groups excluding carboxylic acids is 1. The molecule has 1 amide bonds. The van der Waals surface area contributed by atoms with Crippen LogP contribution in [0.4, 0.5) is 5.69 Å². The van der Waals surface area contributed by atoms with Crippen LogP contribution in [0.3, 0.4) is 0 Å². The smallest absolute Gasteiger partial charge is 0.244 e. The second-order valence-corrected chi connectivity index (χ2v) is 8.68. The minimum atomic E-state index is -3.64. The first-order valence-corrected chi connectivity index (χ1v) is 11.0. The first-order chi connectivity index (χ1) is 13.2. The van der Waals surface area contributed by atoms with Crippen molar-refractivity contribution in [3.05, 3.63) is 59.7 Å². The molecule has 0 heterocycles. The summed E-state index contributed by atoms with van der Waals surface area (Å²) in [7, 11) is -2.05. The first kappa shape index (κ1) is 21.8. The molecule has 28 heavy (non-hydrogen) atoms. The van der Waals surface area contributed by atoms with Crippen molar-refractivity contribution in [3.8, 4) is 5.75 Å². The molecule has 7 heteroatoms. The molecule has 0 saturated carbocycles. The van der Waals surface area contributed by atoms with E-state index in [1.807, 2.05) is 50.2 Å². The lowest BCUT2D eigenvalue weighted by Crippen LogP contribution is -2.49. The van der Waals surface area contributed by atoms with Gasteiger partial charge in [0.2, 0.25) is 15.9 Å². The van der Waals surface area contributed by atoms with Gasteiger partial charge in [-0.05, 0) is 50.1 Å². The Balaban J connectivity index is 2.26. The summed E-state index contributed by atoms with van der Waals surface area (Å²) < 4.78 is 31.3. The molecule has 2 aromatic carbocycles. The number of methoxy groups -OCH3 is 1. The van der Waals surface area contributed by atoms with Crippen molar-refractivity contribution in [2.24, 2.45) is 0 Å². The second kappa shape index (κ2) is 9.10. The van der Waals surface area contributed by atoms with Crippen LogP contribution in [0, 0.1) is 6.92 Å². The number of nitrogens with one attached hydrogen (secondary N) is 1. The summed E-state index contributed by atoms with van der Waals surface area (Å²) in [6.07, 6.45) is 1.47. The van der Waals surface area contributed by atoms with Crippen molar-refractivity contribution >= 4 is 21.6 Å². The highest BCUT2D eigenvalue weighted by molar-refractivity contribution is 7.92. The van der Waals surface area contributed by atoms with Crippen LogP contribution in [0.15, 0.2) is 48.5 Å². The number of aryl methyl sites for hydroxylation is 1. The second-order valence-electron chi connectivity index (χ2n) is 6.82. The molecule has 0 aliphatic heterocycles. The molecule has 6 nitrogen and oxygen atoms in total. The number of hydrogen-bond acceptors (Lipinski definition) is 4. The van der Waals surface area contributed by atoms with Crippen molar-refractivity contribution < 1.29 is 17.9 Å². The van der Waals surface area contributed by atoms with Gasteiger partial charge in [0, 0.05) is 0 Å². The van der Waals surface area contributed by atoms with Crippen LogP contribution < -0.4 is 14.4 Å². The van der Waals surface area contributed by atoms with Crippen LogP contribution >= 0.6 is 0 Å². The van der Waals surface area contributed by atoms with E-state index in [1.54, 1.807) is 26.2 Å². The SMILES string of the molecule is CC[C@@H](C(=O)N[C@@H](C)c1ccc(OC)cc1)N(c1ccc(C)cc1)S(C)(=O)=O. The summed E-state index contributed by atoms with van der Waals surface area (Å²) in [5, 5.41) is 2.93. The molecule has 0 radical (unpaired) electrons. The number of nitrogens with zero attached hydrogens (tertiary/aromatic N) is 1. The lowest BCUT2D eigenvalue weighted by Gasteiger charge is -2.31. The zero-order valence-electron chi connectivity index (χ0n) is 17.0. The fourth-order valence-electron chi connectivity index (χ4n) is 3.04. The average molecular weight is 405 g/mol. The summed E-state index contributed by atoms with van der Waals surface area (Å²) in [5.41, 5.74) is 2.40. The van der Waals surface area contributed by atoms with E-state index in [0.29, 0.717) is 12.1 Å². The highest BCUT2D eigenvalue weighted by atomic mass is 32.2. The third-order valence-corrected chi connectivity index (χ3v) is 5.77. The Bertz CT molecular complexity index is 893. The first-order valence-electron chi connectivity index (χ1n) is 9.17. The summed E-state index contributed by atoms with van der Waals surface area (Å²) in [6.45, 7) is 5.59. The number of ether oxygens (including phenoxy) is 1. The van der Waals surface area contributed by atoms with Gasteiger partial charge in [-0.25, -0.2) is 8.42 Å². The van der Waals surface area contributed by atoms with E-state index in [1.165, 1.54) is 4.31 Å². The number of anilines is 1. The van der Waals surface area contributed by atoms with Crippen LogP contribution in [0.5, 0.6) is 5.75 Å². The fourth-order valence-corrected chi connectivity index (χ4v) is 4.25. The number of rotatable bonds is 8. The van der Waals surface area contributed by atoms with Gasteiger partial charge in [-0.15, -0.1) is 0 Å². The van der Waals surface area contributed by atoms with Gasteiger partial charge in [0.25, 0.3) is 0 Å². The van der Waals surface area contributed by atoms with E-state index in [9.17, 15) is 13.2 Å². The van der Waals surface area contributed by atoms with Gasteiger partial charge >= 0.3 is 0 Å². The average Bonchev–Trinajstić information content (AvgIpc) is 2.66. The van der Waals surface area contributed by atoms with Crippen molar-refractivity contribution in [2.75, 3.05) is 17.7 Å². The molecule has 2 rings (SSSR count). The molecule has 152 valence electrons. The van der Waals surface area contributed by atoms with Gasteiger partial charge in [0.1, 0.15) is 11.8 Å². The molecule has 0 saturated heterocycles. The Hall–Kier alpha value is -2.54. The van der Waals surface area contributed by atoms with Crippen LogP contribution in [0.2, 0.25) is 0 Å². The van der Waals surface area contributed by atoms with Crippen LogP contribution in [0.1, 0.15) is 37.4 Å². The van der Waals surface area contributed by atoms with Crippen LogP contribution in [-0.4, -0.2) is 33.7 Å². The molecular weight excluding hydrogens is 376 g/mol. The van der Waals surface area contributed by atoms with Crippen molar-refractivity contribution in [1.29, 1.82) is 0 Å². The normalized spacial score (nSPS) is 13.5. The van der Waals surface area contributed by atoms with Crippen molar-refractivity contribution in [1.82, 2.24) is 5.32 Å². The van der Waals surface area contributed by atoms with E-state index in [-0.39, 0.29) is 11.9 Å². The van der Waals surface area contributed by atoms with Crippen LogP contribution in [0.25, 0.3) is 0 Å². The molecule has 2 aromatic rings. The summed E-state index contributed by atoms with van der Waals surface area (Å²) in [4.78, 5) is 13.0.